The molecule has 0 N–H and O–H groups in total. The molecule has 2 rings (SSSR count). The van der Waals surface area contributed by atoms with Crippen molar-refractivity contribution in [3.63, 3.8) is 0 Å². The molecule has 0 aliphatic heterocycles. The fraction of sp³-hybridized carbons (Fsp3) is 0.529. The van der Waals surface area contributed by atoms with E-state index in [0.29, 0.717) is 4.91 Å². The molecule has 2 nitrogen and oxygen atoms in total. The zero-order chi connectivity index (χ0) is 15.1. The van der Waals surface area contributed by atoms with Crippen LogP contribution in [0.2, 0.25) is 0 Å². The molecule has 1 aliphatic rings. The van der Waals surface area contributed by atoms with Crippen molar-refractivity contribution < 1.29 is 8.42 Å². The van der Waals surface area contributed by atoms with Crippen LogP contribution in [-0.2, 0) is 9.84 Å². The Morgan fingerprint density at radius 1 is 1.15 bits per heavy atom. The minimum atomic E-state index is -3.17. The van der Waals surface area contributed by atoms with Crippen molar-refractivity contribution >= 4 is 15.4 Å². The standard InChI is InChI=1S/C17H24O2S/c1-12-6-8-14(9-7-12)15-10-11-17(3,4)13(2)16(15)20(5,18)19/h6-9,13H,10-11H2,1-5H3. The third-order valence-electron chi connectivity index (χ3n) is 4.68. The maximum atomic E-state index is 12.3. The van der Waals surface area contributed by atoms with E-state index in [1.165, 1.54) is 11.8 Å². The van der Waals surface area contributed by atoms with Crippen LogP contribution in [0.1, 0.15) is 44.7 Å². The lowest BCUT2D eigenvalue weighted by Crippen LogP contribution is -2.31. The van der Waals surface area contributed by atoms with Crippen molar-refractivity contribution in [1.29, 1.82) is 0 Å². The molecule has 0 spiro atoms. The lowest BCUT2D eigenvalue weighted by Gasteiger charge is -2.39. The SMILES string of the molecule is Cc1ccc(C2=C(S(C)(=O)=O)C(C)C(C)(C)CC2)cc1. The summed E-state index contributed by atoms with van der Waals surface area (Å²) in [6.45, 7) is 8.41. The lowest BCUT2D eigenvalue weighted by atomic mass is 9.70. The van der Waals surface area contributed by atoms with Gasteiger partial charge >= 0.3 is 0 Å². The van der Waals surface area contributed by atoms with Crippen LogP contribution >= 0.6 is 0 Å². The number of sulfone groups is 1. The summed E-state index contributed by atoms with van der Waals surface area (Å²) in [4.78, 5) is 0.637. The molecule has 0 radical (unpaired) electrons. The largest absolute Gasteiger partial charge is 0.224 e. The normalized spacial score (nSPS) is 22.9. The summed E-state index contributed by atoms with van der Waals surface area (Å²) in [7, 11) is -3.17. The molecule has 0 saturated carbocycles. The monoisotopic (exact) mass is 292 g/mol. The third kappa shape index (κ3) is 2.83. The van der Waals surface area contributed by atoms with Crippen LogP contribution in [0, 0.1) is 18.3 Å². The summed E-state index contributed by atoms with van der Waals surface area (Å²) in [6.07, 6.45) is 3.20. The van der Waals surface area contributed by atoms with E-state index in [-0.39, 0.29) is 11.3 Å². The van der Waals surface area contributed by atoms with Crippen molar-refractivity contribution in [2.75, 3.05) is 6.26 Å². The Morgan fingerprint density at radius 2 is 1.70 bits per heavy atom. The average molecular weight is 292 g/mol. The molecular weight excluding hydrogens is 268 g/mol. The Balaban J connectivity index is 2.65. The maximum Gasteiger partial charge on any atom is 0.172 e. The first-order valence-corrected chi connectivity index (χ1v) is 9.02. The average Bonchev–Trinajstić information content (AvgIpc) is 2.32. The van der Waals surface area contributed by atoms with Crippen molar-refractivity contribution in [2.45, 2.75) is 40.5 Å². The summed E-state index contributed by atoms with van der Waals surface area (Å²) in [5.74, 6) is 0.0579. The van der Waals surface area contributed by atoms with Gasteiger partial charge in [0.25, 0.3) is 0 Å². The zero-order valence-corrected chi connectivity index (χ0v) is 13.8. The van der Waals surface area contributed by atoms with E-state index in [1.807, 2.05) is 38.1 Å². The highest BCUT2D eigenvalue weighted by molar-refractivity contribution is 7.94. The van der Waals surface area contributed by atoms with E-state index in [9.17, 15) is 8.42 Å². The molecule has 3 heteroatoms. The first-order chi connectivity index (χ1) is 9.13. The van der Waals surface area contributed by atoms with Gasteiger partial charge in [0.15, 0.2) is 9.84 Å². The molecule has 1 aromatic carbocycles. The molecule has 20 heavy (non-hydrogen) atoms. The number of aryl methyl sites for hydroxylation is 1. The molecule has 0 aromatic heterocycles. The second-order valence-corrected chi connectivity index (χ2v) is 8.68. The molecule has 1 unspecified atom stereocenters. The van der Waals surface area contributed by atoms with Gasteiger partial charge in [-0.05, 0) is 42.2 Å². The minimum absolute atomic E-state index is 0.0343. The van der Waals surface area contributed by atoms with Gasteiger partial charge in [0.2, 0.25) is 0 Å². The molecular formula is C17H24O2S. The third-order valence-corrected chi connectivity index (χ3v) is 6.08. The highest BCUT2D eigenvalue weighted by atomic mass is 32.2. The summed E-state index contributed by atoms with van der Waals surface area (Å²) < 4.78 is 24.6. The van der Waals surface area contributed by atoms with Gasteiger partial charge in [-0.2, -0.15) is 0 Å². The van der Waals surface area contributed by atoms with E-state index in [2.05, 4.69) is 13.8 Å². The maximum absolute atomic E-state index is 12.3. The van der Waals surface area contributed by atoms with Crippen LogP contribution in [0.25, 0.3) is 5.57 Å². The Hall–Kier alpha value is -1.09. The smallest absolute Gasteiger partial charge is 0.172 e. The summed E-state index contributed by atoms with van der Waals surface area (Å²) in [5.41, 5.74) is 3.30. The van der Waals surface area contributed by atoms with E-state index < -0.39 is 9.84 Å². The molecule has 1 aromatic rings. The van der Waals surface area contributed by atoms with Gasteiger partial charge in [-0.15, -0.1) is 0 Å². The van der Waals surface area contributed by atoms with E-state index in [0.717, 1.165) is 24.0 Å². The van der Waals surface area contributed by atoms with Crippen LogP contribution < -0.4 is 0 Å². The Kier molecular flexibility index (Phi) is 3.85. The first kappa shape index (κ1) is 15.3. The van der Waals surface area contributed by atoms with Gasteiger partial charge in [-0.1, -0.05) is 50.6 Å². The molecule has 0 fully saturated rings. The fourth-order valence-corrected chi connectivity index (χ4v) is 4.62. The van der Waals surface area contributed by atoms with Crippen LogP contribution in [0.4, 0.5) is 0 Å². The van der Waals surface area contributed by atoms with Gasteiger partial charge in [0, 0.05) is 6.26 Å². The molecule has 0 saturated heterocycles. The quantitative estimate of drug-likeness (QED) is 0.818. The minimum Gasteiger partial charge on any atom is -0.224 e. The van der Waals surface area contributed by atoms with Crippen LogP contribution in [0.15, 0.2) is 29.2 Å². The Morgan fingerprint density at radius 3 is 2.20 bits per heavy atom. The highest BCUT2D eigenvalue weighted by Crippen LogP contribution is 2.48. The Bertz CT molecular complexity index is 634. The molecule has 110 valence electrons. The molecule has 1 atom stereocenters. The second kappa shape index (κ2) is 5.03. The van der Waals surface area contributed by atoms with Crippen molar-refractivity contribution in [3.05, 3.63) is 40.3 Å². The van der Waals surface area contributed by atoms with Gasteiger partial charge in [0.05, 0.1) is 4.91 Å². The van der Waals surface area contributed by atoms with Gasteiger partial charge in [0.1, 0.15) is 0 Å². The molecule has 0 amide bonds. The molecule has 1 aliphatic carbocycles. The summed E-state index contributed by atoms with van der Waals surface area (Å²) in [6, 6.07) is 8.18. The first-order valence-electron chi connectivity index (χ1n) is 7.13. The Labute approximate surface area is 122 Å². The fourth-order valence-electron chi connectivity index (χ4n) is 2.99. The number of benzene rings is 1. The predicted molar refractivity (Wildman–Crippen MR) is 85.1 cm³/mol. The highest BCUT2D eigenvalue weighted by Gasteiger charge is 2.38. The second-order valence-electron chi connectivity index (χ2n) is 6.69. The number of rotatable bonds is 2. The summed E-state index contributed by atoms with van der Waals surface area (Å²) in [5, 5.41) is 0. The zero-order valence-electron chi connectivity index (χ0n) is 13.0. The van der Waals surface area contributed by atoms with E-state index >= 15 is 0 Å². The van der Waals surface area contributed by atoms with Crippen LogP contribution in [0.5, 0.6) is 0 Å². The molecule has 0 heterocycles. The van der Waals surface area contributed by atoms with Crippen molar-refractivity contribution in [2.24, 2.45) is 11.3 Å². The van der Waals surface area contributed by atoms with Gasteiger partial charge in [-0.25, -0.2) is 8.42 Å². The van der Waals surface area contributed by atoms with Crippen molar-refractivity contribution in [3.8, 4) is 0 Å². The number of hydrogen-bond acceptors (Lipinski definition) is 2. The van der Waals surface area contributed by atoms with E-state index in [4.69, 9.17) is 0 Å². The van der Waals surface area contributed by atoms with Gasteiger partial charge < -0.3 is 0 Å². The topological polar surface area (TPSA) is 34.1 Å². The van der Waals surface area contributed by atoms with Crippen LogP contribution in [-0.4, -0.2) is 14.7 Å². The number of allylic oxidation sites excluding steroid dienone is 2. The predicted octanol–water partition coefficient (Wildman–Crippen LogP) is 4.21. The van der Waals surface area contributed by atoms with Crippen molar-refractivity contribution in [1.82, 2.24) is 0 Å². The molecule has 0 bridgehead atoms. The van der Waals surface area contributed by atoms with Crippen LogP contribution in [0.3, 0.4) is 0 Å². The summed E-state index contributed by atoms with van der Waals surface area (Å²) >= 11 is 0. The number of hydrogen-bond donors (Lipinski definition) is 0. The lowest BCUT2D eigenvalue weighted by molar-refractivity contribution is 0.243. The van der Waals surface area contributed by atoms with Gasteiger partial charge in [-0.3, -0.25) is 0 Å². The van der Waals surface area contributed by atoms with E-state index in [1.54, 1.807) is 0 Å².